The molecule has 27 heavy (non-hydrogen) atoms. The Kier molecular flexibility index (Phi) is 5.20. The molecule has 3 aromatic rings. The van der Waals surface area contributed by atoms with E-state index in [1.807, 2.05) is 0 Å². The monoisotopic (exact) mass is 373 g/mol. The summed E-state index contributed by atoms with van der Waals surface area (Å²) in [6, 6.07) is 34.1. The maximum absolute atomic E-state index is 2.56. The minimum absolute atomic E-state index is 0.216. The first-order valence-corrected chi connectivity index (χ1v) is 12.0. The predicted molar refractivity (Wildman–Crippen MR) is 121 cm³/mol. The van der Waals surface area contributed by atoms with E-state index in [4.69, 9.17) is 0 Å². The van der Waals surface area contributed by atoms with Gasteiger partial charge in [0.25, 0.3) is 0 Å². The summed E-state index contributed by atoms with van der Waals surface area (Å²) in [5.74, 6) is 0.770. The van der Waals surface area contributed by atoms with Gasteiger partial charge >= 0.3 is 0 Å². The zero-order chi connectivity index (χ0) is 18.7. The topological polar surface area (TPSA) is 0 Å². The molecule has 0 atom stereocenters. The molecule has 1 aliphatic rings. The van der Waals surface area contributed by atoms with Crippen LogP contribution in [0, 0.1) is 5.92 Å². The van der Waals surface area contributed by atoms with E-state index >= 15 is 0 Å². The maximum atomic E-state index is 2.56. The van der Waals surface area contributed by atoms with Crippen LogP contribution in [-0.4, -0.2) is 5.16 Å². The molecule has 0 spiro atoms. The van der Waals surface area contributed by atoms with E-state index in [0.29, 0.717) is 0 Å². The van der Waals surface area contributed by atoms with Gasteiger partial charge < -0.3 is 0 Å². The molecule has 1 aliphatic carbocycles. The van der Waals surface area contributed by atoms with E-state index in [9.17, 15) is 0 Å². The van der Waals surface area contributed by atoms with E-state index < -0.39 is 7.26 Å². The molecule has 0 bridgehead atoms. The minimum Gasteiger partial charge on any atom is -0.0620 e. The second-order valence-corrected chi connectivity index (χ2v) is 12.4. The van der Waals surface area contributed by atoms with Gasteiger partial charge in [0.2, 0.25) is 0 Å². The Morgan fingerprint density at radius 2 is 0.926 bits per heavy atom. The van der Waals surface area contributed by atoms with Crippen LogP contribution >= 0.6 is 7.26 Å². The van der Waals surface area contributed by atoms with Crippen molar-refractivity contribution in [1.82, 2.24) is 0 Å². The summed E-state index contributed by atoms with van der Waals surface area (Å²) >= 11 is 0. The van der Waals surface area contributed by atoms with Gasteiger partial charge in [-0.1, -0.05) is 67.4 Å². The number of benzene rings is 3. The van der Waals surface area contributed by atoms with Crippen LogP contribution in [-0.2, 0) is 0 Å². The number of rotatable bonds is 5. The first-order chi connectivity index (χ1) is 13.2. The summed E-state index contributed by atoms with van der Waals surface area (Å²) < 4.78 is 0. The van der Waals surface area contributed by atoms with Gasteiger partial charge in [0.15, 0.2) is 0 Å². The highest BCUT2D eigenvalue weighted by Crippen LogP contribution is 2.69. The van der Waals surface area contributed by atoms with E-state index in [1.165, 1.54) is 41.6 Å². The SMILES string of the molecule is CC(C)(C1CCCC1)[P+](c1ccccc1)(c1ccccc1)c1ccccc1. The summed E-state index contributed by atoms with van der Waals surface area (Å²) in [5.41, 5.74) is 0. The fraction of sp³-hybridized carbons (Fsp3) is 0.308. The van der Waals surface area contributed by atoms with Gasteiger partial charge in [0.05, 0.1) is 5.16 Å². The Labute approximate surface area is 165 Å². The largest absolute Gasteiger partial charge is 0.117 e. The molecule has 3 aromatic carbocycles. The normalized spacial score (nSPS) is 15.8. The lowest BCUT2D eigenvalue weighted by atomic mass is 9.93. The molecule has 1 fully saturated rings. The van der Waals surface area contributed by atoms with E-state index in [0.717, 1.165) is 5.92 Å². The first-order valence-electron chi connectivity index (χ1n) is 10.2. The molecule has 0 aromatic heterocycles. The summed E-state index contributed by atoms with van der Waals surface area (Å²) in [4.78, 5) is 0. The Morgan fingerprint density at radius 3 is 1.26 bits per heavy atom. The van der Waals surface area contributed by atoms with Crippen molar-refractivity contribution >= 4 is 23.2 Å². The molecule has 0 unspecified atom stereocenters. The van der Waals surface area contributed by atoms with Gasteiger partial charge in [0.1, 0.15) is 23.2 Å². The Bertz CT molecular complexity index is 750. The summed E-state index contributed by atoms with van der Waals surface area (Å²) in [6.45, 7) is 5.12. The van der Waals surface area contributed by atoms with Crippen molar-refractivity contribution in [3.8, 4) is 0 Å². The standard InChI is InChI=1S/C26H30P/c1-26(2,22-14-12-13-15-22)27(23-16-6-3-7-17-23,24-18-8-4-9-19-24)25-20-10-5-11-21-25/h3-11,16-22H,12-15H2,1-2H3/q+1. The van der Waals surface area contributed by atoms with Crippen molar-refractivity contribution in [2.45, 2.75) is 44.7 Å². The zero-order valence-corrected chi connectivity index (χ0v) is 17.4. The maximum Gasteiger partial charge on any atom is 0.117 e. The van der Waals surface area contributed by atoms with Crippen LogP contribution in [0.5, 0.6) is 0 Å². The zero-order valence-electron chi connectivity index (χ0n) is 16.5. The molecule has 0 nitrogen and oxygen atoms in total. The Hall–Kier alpha value is -1.91. The number of hydrogen-bond acceptors (Lipinski definition) is 0. The summed E-state index contributed by atoms with van der Waals surface area (Å²) in [5, 5.41) is 4.76. The predicted octanol–water partition coefficient (Wildman–Crippen LogP) is 5.95. The Balaban J connectivity index is 2.06. The molecular weight excluding hydrogens is 343 g/mol. The third-order valence-electron chi connectivity index (χ3n) is 6.65. The second-order valence-electron chi connectivity index (χ2n) is 8.31. The van der Waals surface area contributed by atoms with Crippen molar-refractivity contribution in [3.05, 3.63) is 91.0 Å². The van der Waals surface area contributed by atoms with E-state index in [2.05, 4.69) is 105 Å². The fourth-order valence-electron chi connectivity index (χ4n) is 5.31. The van der Waals surface area contributed by atoms with Gasteiger partial charge in [-0.25, -0.2) is 0 Å². The molecule has 0 amide bonds. The minimum atomic E-state index is -1.81. The molecule has 4 rings (SSSR count). The van der Waals surface area contributed by atoms with Crippen molar-refractivity contribution in [3.63, 3.8) is 0 Å². The lowest BCUT2D eigenvalue weighted by molar-refractivity contribution is 0.429. The highest BCUT2D eigenvalue weighted by atomic mass is 31.2. The van der Waals surface area contributed by atoms with E-state index in [1.54, 1.807) is 0 Å². The molecular formula is C26H30P+. The summed E-state index contributed by atoms with van der Waals surface area (Å²) in [6.07, 6.45) is 5.49. The van der Waals surface area contributed by atoms with Crippen LogP contribution in [0.1, 0.15) is 39.5 Å². The van der Waals surface area contributed by atoms with Crippen molar-refractivity contribution < 1.29 is 0 Å². The molecule has 1 heteroatoms. The summed E-state index contributed by atoms with van der Waals surface area (Å²) in [7, 11) is -1.81. The van der Waals surface area contributed by atoms with Crippen molar-refractivity contribution in [2.75, 3.05) is 0 Å². The van der Waals surface area contributed by atoms with Gasteiger partial charge in [0, 0.05) is 0 Å². The second kappa shape index (κ2) is 7.61. The van der Waals surface area contributed by atoms with E-state index in [-0.39, 0.29) is 5.16 Å². The smallest absolute Gasteiger partial charge is 0.0620 e. The van der Waals surface area contributed by atoms with Gasteiger partial charge in [-0.05, 0) is 69.0 Å². The third kappa shape index (κ3) is 3.05. The highest BCUT2D eigenvalue weighted by Gasteiger charge is 2.60. The van der Waals surface area contributed by atoms with Gasteiger partial charge in [-0.2, -0.15) is 0 Å². The Morgan fingerprint density at radius 1 is 0.593 bits per heavy atom. The lowest BCUT2D eigenvalue weighted by Crippen LogP contribution is -2.47. The average Bonchev–Trinajstić information content (AvgIpc) is 3.27. The van der Waals surface area contributed by atoms with Crippen LogP contribution in [0.4, 0.5) is 0 Å². The van der Waals surface area contributed by atoms with Crippen LogP contribution in [0.2, 0.25) is 0 Å². The number of hydrogen-bond donors (Lipinski definition) is 0. The van der Waals surface area contributed by atoms with Gasteiger partial charge in [-0.15, -0.1) is 0 Å². The van der Waals surface area contributed by atoms with Crippen molar-refractivity contribution in [1.29, 1.82) is 0 Å². The highest BCUT2D eigenvalue weighted by molar-refractivity contribution is 7.96. The molecule has 0 heterocycles. The fourth-order valence-corrected chi connectivity index (χ4v) is 10.9. The molecule has 138 valence electrons. The van der Waals surface area contributed by atoms with Crippen LogP contribution in [0.3, 0.4) is 0 Å². The van der Waals surface area contributed by atoms with Crippen LogP contribution in [0.15, 0.2) is 91.0 Å². The molecule has 1 saturated carbocycles. The lowest BCUT2D eigenvalue weighted by Gasteiger charge is -2.44. The molecule has 0 aliphatic heterocycles. The average molecular weight is 374 g/mol. The molecule has 0 saturated heterocycles. The molecule has 0 radical (unpaired) electrons. The van der Waals surface area contributed by atoms with Gasteiger partial charge in [-0.3, -0.25) is 0 Å². The molecule has 0 N–H and O–H groups in total. The third-order valence-corrected chi connectivity index (χ3v) is 12.0. The van der Waals surface area contributed by atoms with Crippen LogP contribution in [0.25, 0.3) is 0 Å². The quantitative estimate of drug-likeness (QED) is 0.485. The van der Waals surface area contributed by atoms with Crippen LogP contribution < -0.4 is 15.9 Å². The van der Waals surface area contributed by atoms with Crippen molar-refractivity contribution in [2.24, 2.45) is 5.92 Å². The first kappa shape index (κ1) is 18.5.